The Labute approximate surface area is 192 Å². The second-order valence-corrected chi connectivity index (χ2v) is 10.9. The number of hydrogen-bond donors (Lipinski definition) is 1. The van der Waals surface area contributed by atoms with Crippen molar-refractivity contribution in [3.63, 3.8) is 0 Å². The lowest BCUT2D eigenvalue weighted by Crippen LogP contribution is -2.45. The van der Waals surface area contributed by atoms with E-state index in [0.29, 0.717) is 25.1 Å². The van der Waals surface area contributed by atoms with Crippen molar-refractivity contribution in [2.24, 2.45) is 0 Å². The average Bonchev–Trinajstić information content (AvgIpc) is 2.80. The third-order valence-corrected chi connectivity index (χ3v) is 8.28. The number of rotatable bonds is 7. The SMILES string of the molecule is CCN(CC)C1CCN(c2cccc3cnc(NC4CCN(S(C)(=O)=O)CC4)nc23)CC1. The number of para-hydroxylation sites is 1. The van der Waals surface area contributed by atoms with E-state index >= 15 is 0 Å². The van der Waals surface area contributed by atoms with E-state index in [4.69, 9.17) is 4.98 Å². The molecule has 2 aliphatic rings. The van der Waals surface area contributed by atoms with E-state index in [9.17, 15) is 8.42 Å². The van der Waals surface area contributed by atoms with Crippen molar-refractivity contribution in [2.45, 2.75) is 51.6 Å². The first-order chi connectivity index (χ1) is 15.4. The highest BCUT2D eigenvalue weighted by atomic mass is 32.2. The molecule has 0 saturated carbocycles. The van der Waals surface area contributed by atoms with Crippen LogP contribution in [0.5, 0.6) is 0 Å². The molecule has 8 nitrogen and oxygen atoms in total. The molecule has 0 amide bonds. The fraction of sp³-hybridized carbons (Fsp3) is 0.652. The molecule has 4 rings (SSSR count). The van der Waals surface area contributed by atoms with Crippen molar-refractivity contribution >= 4 is 32.6 Å². The smallest absolute Gasteiger partial charge is 0.223 e. The number of nitrogens with one attached hydrogen (secondary N) is 1. The maximum atomic E-state index is 11.8. The summed E-state index contributed by atoms with van der Waals surface area (Å²) in [5.41, 5.74) is 2.16. The Morgan fingerprint density at radius 1 is 1.06 bits per heavy atom. The molecule has 1 aromatic heterocycles. The van der Waals surface area contributed by atoms with Crippen molar-refractivity contribution in [3.05, 3.63) is 24.4 Å². The average molecular weight is 461 g/mol. The molecular weight excluding hydrogens is 424 g/mol. The maximum Gasteiger partial charge on any atom is 0.223 e. The van der Waals surface area contributed by atoms with Crippen molar-refractivity contribution in [1.29, 1.82) is 0 Å². The Morgan fingerprint density at radius 3 is 2.38 bits per heavy atom. The first-order valence-electron chi connectivity index (χ1n) is 11.9. The molecular formula is C23H36N6O2S. The van der Waals surface area contributed by atoms with E-state index < -0.39 is 10.0 Å². The highest BCUT2D eigenvalue weighted by Crippen LogP contribution is 2.29. The van der Waals surface area contributed by atoms with Crippen LogP contribution in [-0.4, -0.2) is 85.2 Å². The highest BCUT2D eigenvalue weighted by molar-refractivity contribution is 7.88. The van der Waals surface area contributed by atoms with E-state index in [0.717, 1.165) is 49.9 Å². The van der Waals surface area contributed by atoms with Gasteiger partial charge in [-0.1, -0.05) is 26.0 Å². The summed E-state index contributed by atoms with van der Waals surface area (Å²) < 4.78 is 25.0. The first kappa shape index (κ1) is 23.2. The van der Waals surface area contributed by atoms with Gasteiger partial charge in [-0.15, -0.1) is 0 Å². The molecule has 0 radical (unpaired) electrons. The van der Waals surface area contributed by atoms with E-state index in [1.807, 2.05) is 6.20 Å². The molecule has 2 fully saturated rings. The largest absolute Gasteiger partial charge is 0.370 e. The minimum absolute atomic E-state index is 0.183. The molecule has 1 N–H and O–H groups in total. The van der Waals surface area contributed by atoms with E-state index in [1.54, 1.807) is 4.31 Å². The predicted molar refractivity (Wildman–Crippen MR) is 131 cm³/mol. The summed E-state index contributed by atoms with van der Waals surface area (Å²) in [6.45, 7) is 9.87. The van der Waals surface area contributed by atoms with Crippen LogP contribution in [0.1, 0.15) is 39.5 Å². The van der Waals surface area contributed by atoms with Crippen LogP contribution in [0, 0.1) is 0 Å². The molecule has 1 aromatic carbocycles. The normalized spacial score (nSPS) is 19.7. The Morgan fingerprint density at radius 2 is 1.75 bits per heavy atom. The summed E-state index contributed by atoms with van der Waals surface area (Å²) in [5.74, 6) is 0.626. The molecule has 2 saturated heterocycles. The van der Waals surface area contributed by atoms with Gasteiger partial charge < -0.3 is 15.1 Å². The number of sulfonamides is 1. The number of piperidine rings is 2. The zero-order chi connectivity index (χ0) is 22.7. The minimum atomic E-state index is -3.12. The fourth-order valence-electron chi connectivity index (χ4n) is 5.09. The summed E-state index contributed by atoms with van der Waals surface area (Å²) in [6, 6.07) is 7.17. The van der Waals surface area contributed by atoms with Crippen LogP contribution in [0.25, 0.3) is 10.9 Å². The molecule has 2 aliphatic heterocycles. The molecule has 176 valence electrons. The summed E-state index contributed by atoms with van der Waals surface area (Å²) in [7, 11) is -3.12. The molecule has 0 unspecified atom stereocenters. The van der Waals surface area contributed by atoms with Crippen molar-refractivity contribution in [2.75, 3.05) is 55.7 Å². The van der Waals surface area contributed by atoms with Crippen LogP contribution in [0.2, 0.25) is 0 Å². The molecule has 32 heavy (non-hydrogen) atoms. The van der Waals surface area contributed by atoms with Gasteiger partial charge in [0.15, 0.2) is 0 Å². The molecule has 0 bridgehead atoms. The van der Waals surface area contributed by atoms with Crippen LogP contribution in [0.4, 0.5) is 11.6 Å². The van der Waals surface area contributed by atoms with Crippen LogP contribution in [0.15, 0.2) is 24.4 Å². The second kappa shape index (κ2) is 9.89. The van der Waals surface area contributed by atoms with Gasteiger partial charge in [0.1, 0.15) is 0 Å². The third-order valence-electron chi connectivity index (χ3n) is 6.98. The third kappa shape index (κ3) is 5.15. The zero-order valence-corrected chi connectivity index (χ0v) is 20.3. The summed E-state index contributed by atoms with van der Waals surface area (Å²) in [5, 5.41) is 4.49. The minimum Gasteiger partial charge on any atom is -0.370 e. The molecule has 2 aromatic rings. The van der Waals surface area contributed by atoms with E-state index in [-0.39, 0.29) is 6.04 Å². The van der Waals surface area contributed by atoms with Crippen molar-refractivity contribution in [1.82, 2.24) is 19.2 Å². The molecule has 0 aliphatic carbocycles. The lowest BCUT2D eigenvalue weighted by molar-refractivity contribution is 0.186. The van der Waals surface area contributed by atoms with Gasteiger partial charge in [0.05, 0.1) is 17.5 Å². The quantitative estimate of drug-likeness (QED) is 0.680. The zero-order valence-electron chi connectivity index (χ0n) is 19.5. The van der Waals surface area contributed by atoms with Crippen LogP contribution in [-0.2, 0) is 10.0 Å². The topological polar surface area (TPSA) is 81.7 Å². The maximum absolute atomic E-state index is 11.8. The van der Waals surface area contributed by atoms with Gasteiger partial charge in [-0.25, -0.2) is 22.7 Å². The fourth-order valence-corrected chi connectivity index (χ4v) is 5.97. The number of benzene rings is 1. The van der Waals surface area contributed by atoms with Crippen molar-refractivity contribution in [3.8, 4) is 0 Å². The Hall–Kier alpha value is -1.97. The van der Waals surface area contributed by atoms with E-state index in [2.05, 4.69) is 52.1 Å². The predicted octanol–water partition coefficient (Wildman–Crippen LogP) is 2.78. The second-order valence-electron chi connectivity index (χ2n) is 8.93. The Kier molecular flexibility index (Phi) is 7.17. The van der Waals surface area contributed by atoms with Crippen LogP contribution >= 0.6 is 0 Å². The van der Waals surface area contributed by atoms with Gasteiger partial charge in [0, 0.05) is 49.8 Å². The van der Waals surface area contributed by atoms with Gasteiger partial charge in [-0.05, 0) is 44.8 Å². The lowest BCUT2D eigenvalue weighted by atomic mass is 10.0. The lowest BCUT2D eigenvalue weighted by Gasteiger charge is -2.39. The number of aromatic nitrogens is 2. The summed E-state index contributed by atoms with van der Waals surface area (Å²) in [6.07, 6.45) is 7.03. The summed E-state index contributed by atoms with van der Waals surface area (Å²) >= 11 is 0. The molecule has 3 heterocycles. The molecule has 0 atom stereocenters. The van der Waals surface area contributed by atoms with Gasteiger partial charge in [-0.2, -0.15) is 0 Å². The van der Waals surface area contributed by atoms with Crippen LogP contribution < -0.4 is 10.2 Å². The number of hydrogen-bond acceptors (Lipinski definition) is 7. The van der Waals surface area contributed by atoms with Gasteiger partial charge in [0.25, 0.3) is 0 Å². The first-order valence-corrected chi connectivity index (χ1v) is 13.7. The number of fused-ring (bicyclic) bond motifs is 1. The summed E-state index contributed by atoms with van der Waals surface area (Å²) in [4.78, 5) is 14.5. The Bertz CT molecular complexity index is 1010. The standard InChI is InChI=1S/C23H36N6O2S/c1-4-27(5-2)20-11-13-28(14-12-20)21-8-6-7-18-17-24-23(26-22(18)21)25-19-9-15-29(16-10-19)32(3,30)31/h6-8,17,19-20H,4-5,9-16H2,1-3H3,(H,24,25,26). The van der Waals surface area contributed by atoms with Gasteiger partial charge >= 0.3 is 0 Å². The number of anilines is 2. The van der Waals surface area contributed by atoms with Crippen molar-refractivity contribution < 1.29 is 8.42 Å². The van der Waals surface area contributed by atoms with Gasteiger partial charge in [-0.3, -0.25) is 0 Å². The molecule has 9 heteroatoms. The van der Waals surface area contributed by atoms with Crippen LogP contribution in [0.3, 0.4) is 0 Å². The number of nitrogens with zero attached hydrogens (tertiary/aromatic N) is 5. The monoisotopic (exact) mass is 460 g/mol. The molecule has 0 spiro atoms. The van der Waals surface area contributed by atoms with Gasteiger partial charge in [0.2, 0.25) is 16.0 Å². The van der Waals surface area contributed by atoms with E-state index in [1.165, 1.54) is 24.8 Å². The Balaban J connectivity index is 1.46. The highest BCUT2D eigenvalue weighted by Gasteiger charge is 2.26.